The van der Waals surface area contributed by atoms with E-state index in [0.29, 0.717) is 5.56 Å². The van der Waals surface area contributed by atoms with E-state index in [2.05, 4.69) is 32.0 Å². The summed E-state index contributed by atoms with van der Waals surface area (Å²) in [5, 5.41) is 0. The third kappa shape index (κ3) is 3.33. The first-order chi connectivity index (χ1) is 11.7. The summed E-state index contributed by atoms with van der Waals surface area (Å²) in [6.07, 6.45) is 0.791. The minimum absolute atomic E-state index is 0.294. The maximum atomic E-state index is 13.4. The average Bonchev–Trinajstić information content (AvgIpc) is 2.57. The van der Waals surface area contributed by atoms with Crippen LogP contribution in [0.4, 0.5) is 13.2 Å². The van der Waals surface area contributed by atoms with Crippen LogP contribution in [0.15, 0.2) is 36.4 Å². The van der Waals surface area contributed by atoms with Gasteiger partial charge in [-0.2, -0.15) is 13.2 Å². The predicted molar refractivity (Wildman–Crippen MR) is 96.0 cm³/mol. The van der Waals surface area contributed by atoms with E-state index in [4.69, 9.17) is 0 Å². The van der Waals surface area contributed by atoms with Crippen molar-refractivity contribution in [2.24, 2.45) is 0 Å². The molecule has 0 spiro atoms. The van der Waals surface area contributed by atoms with Gasteiger partial charge in [0, 0.05) is 5.41 Å². The Morgan fingerprint density at radius 1 is 0.720 bits per heavy atom. The molecule has 25 heavy (non-hydrogen) atoms. The highest BCUT2D eigenvalue weighted by molar-refractivity contribution is 5.46. The predicted octanol–water partition coefficient (Wildman–Crippen LogP) is 6.88. The highest BCUT2D eigenvalue weighted by Crippen LogP contribution is 2.46. The van der Waals surface area contributed by atoms with Crippen LogP contribution in [-0.2, 0) is 11.6 Å². The van der Waals surface area contributed by atoms with Crippen molar-refractivity contribution in [3.63, 3.8) is 0 Å². The molecule has 0 amide bonds. The Morgan fingerprint density at radius 3 is 1.84 bits per heavy atom. The number of halogens is 3. The Balaban J connectivity index is 2.18. The molecule has 0 heterocycles. The molecule has 0 nitrogen and oxygen atoms in total. The second-order valence-electron chi connectivity index (χ2n) is 7.47. The van der Waals surface area contributed by atoms with E-state index in [1.807, 2.05) is 6.07 Å². The van der Waals surface area contributed by atoms with E-state index < -0.39 is 11.7 Å². The molecule has 1 aliphatic rings. The number of aryl methyl sites for hydroxylation is 3. The molecule has 2 aromatic carbocycles. The van der Waals surface area contributed by atoms with Crippen molar-refractivity contribution in [1.82, 2.24) is 0 Å². The number of alkyl halides is 3. The third-order valence-electron chi connectivity index (χ3n) is 5.86. The minimum atomic E-state index is -4.31. The van der Waals surface area contributed by atoms with Crippen molar-refractivity contribution in [3.05, 3.63) is 69.8 Å². The first-order valence-electron chi connectivity index (χ1n) is 9.00. The molecule has 1 fully saturated rings. The minimum Gasteiger partial charge on any atom is -0.166 e. The summed E-state index contributed by atoms with van der Waals surface area (Å²) in [6, 6.07) is 11.3. The van der Waals surface area contributed by atoms with Crippen molar-refractivity contribution in [2.45, 2.75) is 64.5 Å². The molecule has 0 aliphatic heterocycles. The summed E-state index contributed by atoms with van der Waals surface area (Å²) in [7, 11) is 0. The van der Waals surface area contributed by atoms with E-state index in [1.165, 1.54) is 24.1 Å². The fourth-order valence-corrected chi connectivity index (χ4v) is 4.16. The van der Waals surface area contributed by atoms with Crippen molar-refractivity contribution >= 4 is 0 Å². The lowest BCUT2D eigenvalue weighted by atomic mass is 9.64. The van der Waals surface area contributed by atoms with Gasteiger partial charge in [0.15, 0.2) is 0 Å². The molecule has 2 aromatic rings. The Morgan fingerprint density at radius 2 is 1.28 bits per heavy atom. The molecule has 1 saturated carbocycles. The van der Waals surface area contributed by atoms with E-state index in [0.717, 1.165) is 43.2 Å². The van der Waals surface area contributed by atoms with Gasteiger partial charge in [0.05, 0.1) is 5.56 Å². The van der Waals surface area contributed by atoms with Gasteiger partial charge in [-0.05, 0) is 67.5 Å². The summed E-state index contributed by atoms with van der Waals surface area (Å²) >= 11 is 0. The summed E-state index contributed by atoms with van der Waals surface area (Å²) in [5.74, 6) is 0. The molecule has 134 valence electrons. The Labute approximate surface area is 148 Å². The Kier molecular flexibility index (Phi) is 4.70. The molecule has 0 atom stereocenters. The average molecular weight is 346 g/mol. The Bertz CT molecular complexity index is 765. The third-order valence-corrected chi connectivity index (χ3v) is 5.86. The lowest BCUT2D eigenvalue weighted by molar-refractivity contribution is -0.138. The molecule has 0 radical (unpaired) electrons. The van der Waals surface area contributed by atoms with E-state index in [1.54, 1.807) is 6.07 Å². The monoisotopic (exact) mass is 346 g/mol. The highest BCUT2D eigenvalue weighted by atomic mass is 19.4. The zero-order valence-corrected chi connectivity index (χ0v) is 15.1. The molecule has 3 rings (SSSR count). The van der Waals surface area contributed by atoms with Gasteiger partial charge in [0.25, 0.3) is 0 Å². The normalized spacial score (nSPS) is 17.5. The van der Waals surface area contributed by atoms with Crippen LogP contribution in [0.5, 0.6) is 0 Å². The maximum Gasteiger partial charge on any atom is 0.416 e. The molecule has 3 heteroatoms. The van der Waals surface area contributed by atoms with Gasteiger partial charge in [-0.25, -0.2) is 0 Å². The van der Waals surface area contributed by atoms with Crippen molar-refractivity contribution in [2.75, 3.05) is 0 Å². The molecule has 0 aromatic heterocycles. The quantitative estimate of drug-likeness (QED) is 0.556. The number of rotatable bonds is 2. The zero-order valence-electron chi connectivity index (χ0n) is 15.1. The second-order valence-corrected chi connectivity index (χ2v) is 7.47. The van der Waals surface area contributed by atoms with Crippen molar-refractivity contribution in [3.8, 4) is 0 Å². The number of hydrogen-bond donors (Lipinski definition) is 0. The molecule has 0 unspecified atom stereocenters. The van der Waals surface area contributed by atoms with Gasteiger partial charge in [-0.15, -0.1) is 0 Å². The van der Waals surface area contributed by atoms with Crippen molar-refractivity contribution in [1.29, 1.82) is 0 Å². The van der Waals surface area contributed by atoms with Gasteiger partial charge in [0.1, 0.15) is 0 Å². The Hall–Kier alpha value is -1.77. The molecule has 1 aliphatic carbocycles. The SMILES string of the molecule is Cc1ccc(C2(c3ccc(C)c(C(F)(F)F)c3)CCCCC2)cc1C. The van der Waals surface area contributed by atoms with Gasteiger partial charge in [-0.1, -0.05) is 49.6 Å². The van der Waals surface area contributed by atoms with Crippen molar-refractivity contribution < 1.29 is 13.2 Å². The summed E-state index contributed by atoms with van der Waals surface area (Å²) in [6.45, 7) is 5.68. The molecular formula is C22H25F3. The topological polar surface area (TPSA) is 0 Å². The lowest BCUT2D eigenvalue weighted by Crippen LogP contribution is -2.31. The summed E-state index contributed by atoms with van der Waals surface area (Å²) < 4.78 is 40.3. The fourth-order valence-electron chi connectivity index (χ4n) is 4.16. The largest absolute Gasteiger partial charge is 0.416 e. The fraction of sp³-hybridized carbons (Fsp3) is 0.455. The lowest BCUT2D eigenvalue weighted by Gasteiger charge is -2.39. The standard InChI is InChI=1S/C22H25F3/c1-15-7-9-18(13-17(15)3)21(11-5-4-6-12-21)19-10-8-16(2)20(14-19)22(23,24)25/h7-10,13-14H,4-6,11-12H2,1-3H3. The van der Waals surface area contributed by atoms with Crippen LogP contribution in [0.2, 0.25) is 0 Å². The van der Waals surface area contributed by atoms with Crippen LogP contribution < -0.4 is 0 Å². The van der Waals surface area contributed by atoms with Crippen LogP contribution in [0.3, 0.4) is 0 Å². The zero-order chi connectivity index (χ0) is 18.2. The van der Waals surface area contributed by atoms with Gasteiger partial charge >= 0.3 is 6.18 Å². The number of hydrogen-bond acceptors (Lipinski definition) is 0. The summed E-state index contributed by atoms with van der Waals surface area (Å²) in [5.41, 5.74) is 3.88. The van der Waals surface area contributed by atoms with Crippen LogP contribution >= 0.6 is 0 Å². The van der Waals surface area contributed by atoms with Crippen LogP contribution in [0.25, 0.3) is 0 Å². The van der Waals surface area contributed by atoms with E-state index in [-0.39, 0.29) is 5.41 Å². The number of benzene rings is 2. The van der Waals surface area contributed by atoms with Gasteiger partial charge in [-0.3, -0.25) is 0 Å². The van der Waals surface area contributed by atoms with Gasteiger partial charge < -0.3 is 0 Å². The van der Waals surface area contributed by atoms with Crippen LogP contribution in [-0.4, -0.2) is 0 Å². The maximum absolute atomic E-state index is 13.4. The highest BCUT2D eigenvalue weighted by Gasteiger charge is 2.39. The molecule has 0 bridgehead atoms. The molecule has 0 N–H and O–H groups in total. The molecule has 0 saturated heterocycles. The van der Waals surface area contributed by atoms with Gasteiger partial charge in [0.2, 0.25) is 0 Å². The second kappa shape index (κ2) is 6.51. The first-order valence-corrected chi connectivity index (χ1v) is 9.00. The van der Waals surface area contributed by atoms with E-state index in [9.17, 15) is 13.2 Å². The molecular weight excluding hydrogens is 321 g/mol. The smallest absolute Gasteiger partial charge is 0.166 e. The van der Waals surface area contributed by atoms with Crippen LogP contribution in [0.1, 0.15) is 65.5 Å². The summed E-state index contributed by atoms with van der Waals surface area (Å²) in [4.78, 5) is 0. The van der Waals surface area contributed by atoms with Crippen LogP contribution in [0, 0.1) is 20.8 Å². The first kappa shape index (κ1) is 18.0. The van der Waals surface area contributed by atoms with E-state index >= 15 is 0 Å².